The number of imidazole rings is 1. The van der Waals surface area contributed by atoms with E-state index in [9.17, 15) is 24.3 Å². The number of aromatic nitrogens is 2. The van der Waals surface area contributed by atoms with E-state index in [2.05, 4.69) is 4.98 Å². The molecule has 10 heteroatoms. The number of aromatic amines is 1. The Morgan fingerprint density at radius 2 is 1.89 bits per heavy atom. The molecule has 0 spiro atoms. The van der Waals surface area contributed by atoms with Crippen LogP contribution < -0.4 is 10.00 Å². The Morgan fingerprint density at radius 1 is 1.09 bits per heavy atom. The third-order valence-corrected chi connectivity index (χ3v) is 5.90. The molecular formula is C25H22N3O7+. The summed E-state index contributed by atoms with van der Waals surface area (Å²) in [6.07, 6.45) is 4.98. The van der Waals surface area contributed by atoms with Crippen molar-refractivity contribution in [2.45, 2.75) is 38.6 Å². The van der Waals surface area contributed by atoms with Crippen molar-refractivity contribution in [2.75, 3.05) is 0 Å². The number of amides is 2. The number of aryl methyl sites for hydroxylation is 1. The minimum Gasteiger partial charge on any atom is -0.508 e. The van der Waals surface area contributed by atoms with Gasteiger partial charge in [0.1, 0.15) is 29.5 Å². The number of hydrogen-bond donors (Lipinski definition) is 2. The number of nitrogens with one attached hydrogen (secondary N) is 1. The Kier molecular flexibility index (Phi) is 5.77. The van der Waals surface area contributed by atoms with Gasteiger partial charge in [0.15, 0.2) is 5.43 Å². The molecule has 1 aromatic heterocycles. The fourth-order valence-corrected chi connectivity index (χ4v) is 4.24. The second-order valence-electron chi connectivity index (χ2n) is 8.32. The predicted octanol–water partition coefficient (Wildman–Crippen LogP) is 2.66. The lowest BCUT2D eigenvalue weighted by Gasteiger charge is -2.13. The molecule has 0 radical (unpaired) electrons. The summed E-state index contributed by atoms with van der Waals surface area (Å²) in [7, 11) is 0. The lowest BCUT2D eigenvalue weighted by Crippen LogP contribution is -2.34. The zero-order valence-electron chi connectivity index (χ0n) is 18.7. The third-order valence-electron chi connectivity index (χ3n) is 5.90. The van der Waals surface area contributed by atoms with Crippen LogP contribution >= 0.6 is 0 Å². The molecule has 178 valence electrons. The average Bonchev–Trinajstić information content (AvgIpc) is 3.41. The number of hydroxylamine groups is 2. The van der Waals surface area contributed by atoms with Crippen molar-refractivity contribution in [3.8, 4) is 28.5 Å². The molecule has 3 heterocycles. The summed E-state index contributed by atoms with van der Waals surface area (Å²) in [6, 6.07) is 9.44. The van der Waals surface area contributed by atoms with Crippen molar-refractivity contribution in [1.29, 1.82) is 0 Å². The largest absolute Gasteiger partial charge is 0.508 e. The molecule has 2 N–H and O–H groups in total. The van der Waals surface area contributed by atoms with Crippen LogP contribution in [0.1, 0.15) is 32.1 Å². The molecule has 0 bridgehead atoms. The number of hydrogen-bond acceptors (Lipinski definition) is 7. The van der Waals surface area contributed by atoms with Gasteiger partial charge < -0.3 is 14.4 Å². The zero-order chi connectivity index (χ0) is 24.5. The van der Waals surface area contributed by atoms with Gasteiger partial charge in [-0.05, 0) is 37.1 Å². The minimum atomic E-state index is -0.622. The van der Waals surface area contributed by atoms with E-state index < -0.39 is 17.8 Å². The number of imide groups is 1. The van der Waals surface area contributed by atoms with E-state index in [1.807, 2.05) is 10.8 Å². The van der Waals surface area contributed by atoms with Gasteiger partial charge in [-0.2, -0.15) is 0 Å². The van der Waals surface area contributed by atoms with Crippen LogP contribution in [0, 0.1) is 0 Å². The Bertz CT molecular complexity index is 1470. The van der Waals surface area contributed by atoms with Crippen LogP contribution in [-0.2, 0) is 25.8 Å². The number of fused-ring (bicyclic) bond motifs is 2. The molecule has 1 aliphatic carbocycles. The van der Waals surface area contributed by atoms with Gasteiger partial charge in [0.2, 0.25) is 0 Å². The maximum absolute atomic E-state index is 12.1. The van der Waals surface area contributed by atoms with Crippen LogP contribution in [0.2, 0.25) is 0 Å². The molecule has 5 rings (SSSR count). The number of aromatic hydroxyl groups is 1. The lowest BCUT2D eigenvalue weighted by atomic mass is 9.98. The predicted molar refractivity (Wildman–Crippen MR) is 122 cm³/mol. The number of H-pyrrole nitrogens is 1. The van der Waals surface area contributed by atoms with Gasteiger partial charge in [0.05, 0.1) is 12.1 Å². The van der Waals surface area contributed by atoms with Crippen molar-refractivity contribution in [3.05, 3.63) is 59.0 Å². The number of phenols is 1. The lowest BCUT2D eigenvalue weighted by molar-refractivity contribution is -0.685. The van der Waals surface area contributed by atoms with Crippen molar-refractivity contribution in [3.63, 3.8) is 0 Å². The van der Waals surface area contributed by atoms with E-state index in [-0.39, 0.29) is 30.4 Å². The molecule has 1 saturated heterocycles. The first kappa shape index (κ1) is 22.3. The molecule has 2 amide bonds. The molecule has 10 nitrogen and oxygen atoms in total. The van der Waals surface area contributed by atoms with Crippen molar-refractivity contribution < 1.29 is 33.3 Å². The van der Waals surface area contributed by atoms with Gasteiger partial charge in [-0.15, -0.1) is 5.06 Å². The first-order chi connectivity index (χ1) is 16.9. The molecule has 35 heavy (non-hydrogen) atoms. The minimum absolute atomic E-state index is 0.0495. The summed E-state index contributed by atoms with van der Waals surface area (Å²) >= 11 is 0. The van der Waals surface area contributed by atoms with Crippen LogP contribution in [0.25, 0.3) is 33.7 Å². The number of carbonyl (C=O) groups excluding carboxylic acids is 3. The first-order valence-electron chi connectivity index (χ1n) is 11.2. The molecule has 0 atom stereocenters. The van der Waals surface area contributed by atoms with Gasteiger partial charge >= 0.3 is 5.97 Å². The molecule has 2 aliphatic heterocycles. The summed E-state index contributed by atoms with van der Waals surface area (Å²) < 4.78 is 7.89. The highest BCUT2D eigenvalue weighted by atomic mass is 16.7. The fourth-order valence-electron chi connectivity index (χ4n) is 4.24. The molecule has 3 aliphatic rings. The van der Waals surface area contributed by atoms with Crippen LogP contribution in [0.5, 0.6) is 5.75 Å². The summed E-state index contributed by atoms with van der Waals surface area (Å²) in [5.41, 5.74) is 1.81. The molecule has 0 unspecified atom stereocenters. The van der Waals surface area contributed by atoms with Crippen molar-refractivity contribution >= 4 is 28.8 Å². The molecule has 1 aromatic carbocycles. The van der Waals surface area contributed by atoms with Gasteiger partial charge in [0, 0.05) is 42.3 Å². The highest BCUT2D eigenvalue weighted by Crippen LogP contribution is 2.38. The van der Waals surface area contributed by atoms with Crippen LogP contribution in [-0.4, -0.2) is 32.9 Å². The molecule has 2 aromatic rings. The normalized spacial score (nSPS) is 13.8. The summed E-state index contributed by atoms with van der Waals surface area (Å²) in [4.78, 5) is 55.3. The highest BCUT2D eigenvalue weighted by Gasteiger charge is 2.32. The van der Waals surface area contributed by atoms with Crippen LogP contribution in [0.15, 0.2) is 58.0 Å². The average molecular weight is 476 g/mol. The summed E-state index contributed by atoms with van der Waals surface area (Å²) in [6.45, 7) is 0.570. The van der Waals surface area contributed by atoms with E-state index in [1.165, 1.54) is 18.2 Å². The number of rotatable bonds is 7. The smallest absolute Gasteiger partial charge is 0.333 e. The van der Waals surface area contributed by atoms with Gasteiger partial charge in [-0.25, -0.2) is 14.3 Å². The second-order valence-corrected chi connectivity index (χ2v) is 8.32. The first-order valence-corrected chi connectivity index (χ1v) is 11.2. The number of carbonyl (C=O) groups is 3. The Balaban J connectivity index is 1.35. The maximum atomic E-state index is 12.1. The zero-order valence-corrected chi connectivity index (χ0v) is 18.7. The van der Waals surface area contributed by atoms with E-state index in [0.717, 1.165) is 22.3 Å². The van der Waals surface area contributed by atoms with Crippen LogP contribution in [0.3, 0.4) is 0 Å². The summed E-state index contributed by atoms with van der Waals surface area (Å²) in [5, 5.41) is 11.2. The highest BCUT2D eigenvalue weighted by molar-refractivity contribution is 6.01. The van der Waals surface area contributed by atoms with Gasteiger partial charge in [0.25, 0.3) is 17.6 Å². The Labute approximate surface area is 198 Å². The maximum Gasteiger partial charge on any atom is 0.333 e. The van der Waals surface area contributed by atoms with E-state index in [1.54, 1.807) is 24.4 Å². The van der Waals surface area contributed by atoms with Crippen LogP contribution in [0.4, 0.5) is 0 Å². The Morgan fingerprint density at radius 3 is 2.69 bits per heavy atom. The van der Waals surface area contributed by atoms with E-state index >= 15 is 0 Å². The number of nitrogens with zero attached hydrogens (tertiary/aromatic N) is 2. The summed E-state index contributed by atoms with van der Waals surface area (Å²) in [5.74, 6) is -0.391. The fraction of sp³-hybridized carbons (Fsp3) is 0.240. The topological polar surface area (TPSA) is 134 Å². The standard InChI is InChI=1S/C25H21N3O7/c29-15-4-6-17-19(13-15)34-20-14-16(30)5-7-18(20)24(17)25-26-10-12-27(25)11-2-1-3-23(33)35-28-21(31)8-9-22(28)32/h4-7,10,12-14H,1-3,8-9,11H2,(H,29,30)/p+1. The van der Waals surface area contributed by atoms with Crippen molar-refractivity contribution in [2.24, 2.45) is 0 Å². The number of unbranched alkanes of at least 4 members (excludes halogenated alkanes) is 1. The SMILES string of the molecule is O=C(CCCC[n+]1cc[nH]c1-c1c2ccc(=O)cc-2oc2cc(O)ccc12)ON1C(=O)CCC1=O. The quantitative estimate of drug-likeness (QED) is 0.181. The third kappa shape index (κ3) is 4.37. The van der Waals surface area contributed by atoms with Crippen molar-refractivity contribution in [1.82, 2.24) is 10.0 Å². The van der Waals surface area contributed by atoms with E-state index in [4.69, 9.17) is 9.25 Å². The molecule has 0 saturated carbocycles. The number of phenolic OH excluding ortho intramolecular Hbond substituents is 1. The van der Waals surface area contributed by atoms with E-state index in [0.29, 0.717) is 35.8 Å². The van der Waals surface area contributed by atoms with Gasteiger partial charge in [-0.1, -0.05) is 0 Å². The molecular weight excluding hydrogens is 454 g/mol. The second kappa shape index (κ2) is 9.05. The van der Waals surface area contributed by atoms with Gasteiger partial charge in [-0.3, -0.25) is 14.4 Å². The number of benzene rings is 2. The molecule has 1 fully saturated rings. The monoisotopic (exact) mass is 476 g/mol. The Hall–Kier alpha value is -4.47.